The molecular weight excluding hydrogens is 585 g/mol. The Kier molecular flexibility index (Phi) is 9.59. The van der Waals surface area contributed by atoms with Gasteiger partial charge in [-0.15, -0.1) is 0 Å². The number of ether oxygens (including phenoxy) is 1. The van der Waals surface area contributed by atoms with Crippen LogP contribution in [0.3, 0.4) is 0 Å². The first kappa shape index (κ1) is 30.9. The number of aryl methyl sites for hydroxylation is 2. The van der Waals surface area contributed by atoms with Crippen molar-refractivity contribution in [3.05, 3.63) is 98.3 Å². The van der Waals surface area contributed by atoms with Gasteiger partial charge in [-0.3, -0.25) is 14.6 Å². The van der Waals surface area contributed by atoms with Gasteiger partial charge in [0.15, 0.2) is 0 Å². The van der Waals surface area contributed by atoms with Crippen molar-refractivity contribution in [3.63, 3.8) is 0 Å². The molecule has 2 amide bonds. The number of hydrazone groups is 2. The van der Waals surface area contributed by atoms with E-state index in [0.717, 1.165) is 58.3 Å². The lowest BCUT2D eigenvalue weighted by molar-refractivity contribution is -0.131. The maximum absolute atomic E-state index is 12.5. The van der Waals surface area contributed by atoms with Crippen LogP contribution in [-0.4, -0.2) is 51.5 Å². The van der Waals surface area contributed by atoms with E-state index in [-0.39, 0.29) is 23.9 Å². The molecule has 0 bridgehead atoms. The molecule has 2 atom stereocenters. The van der Waals surface area contributed by atoms with Gasteiger partial charge in [0.2, 0.25) is 11.8 Å². The lowest BCUT2D eigenvalue weighted by Crippen LogP contribution is -2.24. The molecule has 4 heterocycles. The third-order valence-electron chi connectivity index (χ3n) is 7.83. The number of hydrogen-bond donors (Lipinski definition) is 0. The fourth-order valence-electron chi connectivity index (χ4n) is 5.64. The summed E-state index contributed by atoms with van der Waals surface area (Å²) >= 11 is 12.2. The Hall–Kier alpha value is -3.59. The van der Waals surface area contributed by atoms with Crippen LogP contribution in [0.2, 0.25) is 10.0 Å². The molecule has 1 aromatic heterocycles. The average Bonchev–Trinajstić information content (AvgIpc) is 3.76. The zero-order valence-corrected chi connectivity index (χ0v) is 26.3. The van der Waals surface area contributed by atoms with Crippen LogP contribution in [0.25, 0.3) is 0 Å². The third kappa shape index (κ3) is 6.98. The normalized spacial score (nSPS) is 19.6. The van der Waals surface area contributed by atoms with Crippen molar-refractivity contribution in [1.82, 2.24) is 15.0 Å². The second kappa shape index (κ2) is 13.4. The Labute approximate surface area is 262 Å². The monoisotopic (exact) mass is 619 g/mol. The van der Waals surface area contributed by atoms with E-state index >= 15 is 0 Å². The summed E-state index contributed by atoms with van der Waals surface area (Å²) in [6.07, 6.45) is 3.65. The lowest BCUT2D eigenvalue weighted by Gasteiger charge is -2.20. The number of halogens is 2. The summed E-state index contributed by atoms with van der Waals surface area (Å²) in [5, 5.41) is 13.8. The molecule has 224 valence electrons. The van der Waals surface area contributed by atoms with Gasteiger partial charge in [-0.25, -0.2) is 10.0 Å². The molecule has 0 N–H and O–H groups in total. The highest BCUT2D eigenvalue weighted by Crippen LogP contribution is 2.37. The number of amides is 2. The van der Waals surface area contributed by atoms with E-state index < -0.39 is 0 Å². The number of carbonyl (C=O) groups excluding carboxylic acids is 2. The van der Waals surface area contributed by atoms with Crippen molar-refractivity contribution in [1.29, 1.82) is 0 Å². The predicted molar refractivity (Wildman–Crippen MR) is 169 cm³/mol. The molecule has 0 aliphatic carbocycles. The second-order valence-corrected chi connectivity index (χ2v) is 11.8. The molecule has 3 aliphatic rings. The minimum absolute atomic E-state index is 0.138. The van der Waals surface area contributed by atoms with Gasteiger partial charge < -0.3 is 4.74 Å². The van der Waals surface area contributed by atoms with E-state index in [2.05, 4.69) is 0 Å². The smallest absolute Gasteiger partial charge is 0.240 e. The van der Waals surface area contributed by atoms with Gasteiger partial charge in [-0.05, 0) is 68.1 Å². The molecule has 1 fully saturated rings. The average molecular weight is 621 g/mol. The van der Waals surface area contributed by atoms with Gasteiger partial charge in [0, 0.05) is 72.5 Å². The Balaban J connectivity index is 0.000000668. The van der Waals surface area contributed by atoms with Gasteiger partial charge >= 0.3 is 0 Å². The minimum atomic E-state index is -0.227. The first-order chi connectivity index (χ1) is 20.6. The van der Waals surface area contributed by atoms with E-state index in [0.29, 0.717) is 22.9 Å². The summed E-state index contributed by atoms with van der Waals surface area (Å²) in [5.41, 5.74) is 6.85. The fraction of sp³-hybridized carbons (Fsp3) is 0.364. The van der Waals surface area contributed by atoms with Crippen LogP contribution in [0, 0.1) is 13.8 Å². The van der Waals surface area contributed by atoms with E-state index in [1.165, 1.54) is 36.7 Å². The first-order valence-electron chi connectivity index (χ1n) is 14.4. The predicted octanol–water partition coefficient (Wildman–Crippen LogP) is 7.20. The molecule has 43 heavy (non-hydrogen) atoms. The van der Waals surface area contributed by atoms with Crippen LogP contribution in [0.4, 0.5) is 0 Å². The zero-order chi connectivity index (χ0) is 30.7. The van der Waals surface area contributed by atoms with Gasteiger partial charge in [0.25, 0.3) is 0 Å². The molecule has 1 saturated heterocycles. The maximum Gasteiger partial charge on any atom is 0.240 e. The van der Waals surface area contributed by atoms with Gasteiger partial charge in [0.05, 0.1) is 23.5 Å². The molecule has 2 aromatic carbocycles. The van der Waals surface area contributed by atoms with Crippen LogP contribution < -0.4 is 0 Å². The van der Waals surface area contributed by atoms with Crippen molar-refractivity contribution >= 4 is 46.4 Å². The molecule has 0 saturated carbocycles. The summed E-state index contributed by atoms with van der Waals surface area (Å²) in [6.45, 7) is 8.91. The molecule has 8 nitrogen and oxygen atoms in total. The van der Waals surface area contributed by atoms with Crippen LogP contribution in [0.1, 0.15) is 85.3 Å². The molecule has 3 aromatic rings. The molecule has 0 radical (unpaired) electrons. The minimum Gasteiger partial charge on any atom is -0.381 e. The van der Waals surface area contributed by atoms with Crippen molar-refractivity contribution in [2.75, 3.05) is 13.2 Å². The summed E-state index contributed by atoms with van der Waals surface area (Å²) in [4.78, 5) is 29.8. The Bertz CT molecular complexity index is 1450. The standard InChI is InChI=1S/C29H27Cl2N5O2.C4H8O/c1-16-24(26-14-28(35(33-26)18(3)37)20-5-9-22(30)10-6-20)13-25(17(2)32-16)27-15-29(36(34-27)19(4)38)21-7-11-23(31)12-8-21;1-2-4-5-3-1/h5-13,28-29H,14-15H2,1-4H3;1-4H2/t28-,29-;/m0./s1. The van der Waals surface area contributed by atoms with Crippen LogP contribution in [0.15, 0.2) is 64.8 Å². The quantitative estimate of drug-likeness (QED) is 0.309. The molecule has 3 aliphatic heterocycles. The van der Waals surface area contributed by atoms with Crippen LogP contribution >= 0.6 is 23.2 Å². The van der Waals surface area contributed by atoms with Crippen molar-refractivity contribution in [3.8, 4) is 0 Å². The number of aromatic nitrogens is 1. The highest BCUT2D eigenvalue weighted by atomic mass is 35.5. The molecule has 10 heteroatoms. The fourth-order valence-corrected chi connectivity index (χ4v) is 5.89. The highest BCUT2D eigenvalue weighted by Gasteiger charge is 2.35. The van der Waals surface area contributed by atoms with Crippen molar-refractivity contribution in [2.45, 2.75) is 65.5 Å². The number of hydrogen-bond acceptors (Lipinski definition) is 6. The van der Waals surface area contributed by atoms with Gasteiger partial charge in [-0.1, -0.05) is 47.5 Å². The van der Waals surface area contributed by atoms with E-state index in [1.54, 1.807) is 0 Å². The summed E-state index contributed by atoms with van der Waals surface area (Å²) in [6, 6.07) is 16.6. The Morgan fingerprint density at radius 2 is 1.12 bits per heavy atom. The summed E-state index contributed by atoms with van der Waals surface area (Å²) in [5.74, 6) is -0.276. The highest BCUT2D eigenvalue weighted by molar-refractivity contribution is 6.30. The molecule has 0 unspecified atom stereocenters. The van der Waals surface area contributed by atoms with Gasteiger partial charge in [0.1, 0.15) is 0 Å². The number of rotatable bonds is 4. The van der Waals surface area contributed by atoms with E-state index in [1.807, 2.05) is 68.4 Å². The van der Waals surface area contributed by atoms with E-state index in [9.17, 15) is 9.59 Å². The Morgan fingerprint density at radius 1 is 0.721 bits per heavy atom. The largest absolute Gasteiger partial charge is 0.381 e. The third-order valence-corrected chi connectivity index (χ3v) is 8.33. The molecule has 0 spiro atoms. The van der Waals surface area contributed by atoms with Crippen molar-refractivity contribution in [2.24, 2.45) is 10.2 Å². The maximum atomic E-state index is 12.5. The topological polar surface area (TPSA) is 87.5 Å². The molecule has 6 rings (SSSR count). The summed E-state index contributed by atoms with van der Waals surface area (Å²) < 4.78 is 4.94. The molecular formula is C33H35Cl2N5O3. The number of carbonyl (C=O) groups is 2. The lowest BCUT2D eigenvalue weighted by atomic mass is 9.93. The van der Waals surface area contributed by atoms with Gasteiger partial charge in [-0.2, -0.15) is 10.2 Å². The number of pyridine rings is 1. The second-order valence-electron chi connectivity index (χ2n) is 10.9. The SMILES string of the molecule is C1CCOC1.CC(=O)N1N=C(c2cc(C3=NN(C(C)=O)[C@H](c4ccc(Cl)cc4)C3)c(C)nc2C)C[C@H]1c1ccc(Cl)cc1. The number of nitrogens with zero attached hydrogens (tertiary/aromatic N) is 5. The first-order valence-corrected chi connectivity index (χ1v) is 15.2. The number of benzene rings is 2. The van der Waals surface area contributed by atoms with E-state index in [4.69, 9.17) is 43.1 Å². The Morgan fingerprint density at radius 3 is 1.44 bits per heavy atom. The zero-order valence-electron chi connectivity index (χ0n) is 24.8. The summed E-state index contributed by atoms with van der Waals surface area (Å²) in [7, 11) is 0. The van der Waals surface area contributed by atoms with Crippen LogP contribution in [-0.2, 0) is 14.3 Å². The van der Waals surface area contributed by atoms with Crippen LogP contribution in [0.5, 0.6) is 0 Å². The van der Waals surface area contributed by atoms with Crippen molar-refractivity contribution < 1.29 is 14.3 Å².